The van der Waals surface area contributed by atoms with E-state index >= 15 is 0 Å². The SMILES string of the molecule is CC(=O)c1ccc(S(=O)(=O)N2CCN(C(=O)c3cccc(Cl)c3)CC2)cc1. The highest BCUT2D eigenvalue weighted by molar-refractivity contribution is 7.89. The van der Waals surface area contributed by atoms with Crippen molar-refractivity contribution < 1.29 is 18.0 Å². The fraction of sp³-hybridized carbons (Fsp3) is 0.263. The summed E-state index contributed by atoms with van der Waals surface area (Å²) in [6.07, 6.45) is 0. The van der Waals surface area contributed by atoms with Gasteiger partial charge in [0.05, 0.1) is 4.90 Å². The van der Waals surface area contributed by atoms with Crippen LogP contribution in [0.2, 0.25) is 5.02 Å². The van der Waals surface area contributed by atoms with Crippen LogP contribution in [-0.2, 0) is 10.0 Å². The average molecular weight is 407 g/mol. The Labute approximate surface area is 163 Å². The molecule has 1 heterocycles. The van der Waals surface area contributed by atoms with Gasteiger partial charge in [-0.2, -0.15) is 4.31 Å². The van der Waals surface area contributed by atoms with Crippen LogP contribution in [0.5, 0.6) is 0 Å². The third kappa shape index (κ3) is 4.21. The Morgan fingerprint density at radius 1 is 0.926 bits per heavy atom. The van der Waals surface area contributed by atoms with Crippen molar-refractivity contribution in [1.29, 1.82) is 0 Å². The van der Waals surface area contributed by atoms with E-state index in [-0.39, 0.29) is 29.7 Å². The summed E-state index contributed by atoms with van der Waals surface area (Å²) >= 11 is 5.93. The van der Waals surface area contributed by atoms with Crippen molar-refractivity contribution in [3.05, 3.63) is 64.7 Å². The van der Waals surface area contributed by atoms with Crippen molar-refractivity contribution in [3.8, 4) is 0 Å². The molecule has 8 heteroatoms. The van der Waals surface area contributed by atoms with Crippen molar-refractivity contribution in [2.45, 2.75) is 11.8 Å². The minimum absolute atomic E-state index is 0.118. The second-order valence-electron chi connectivity index (χ2n) is 6.29. The Balaban J connectivity index is 1.69. The van der Waals surface area contributed by atoms with E-state index in [1.807, 2.05) is 0 Å². The van der Waals surface area contributed by atoms with Gasteiger partial charge in [-0.25, -0.2) is 8.42 Å². The predicted molar refractivity (Wildman–Crippen MR) is 103 cm³/mol. The topological polar surface area (TPSA) is 74.8 Å². The van der Waals surface area contributed by atoms with Crippen LogP contribution in [0, 0.1) is 0 Å². The van der Waals surface area contributed by atoms with E-state index in [4.69, 9.17) is 11.6 Å². The third-order valence-corrected chi connectivity index (χ3v) is 6.64. The number of piperazine rings is 1. The van der Waals surface area contributed by atoms with Gasteiger partial charge in [-0.3, -0.25) is 9.59 Å². The van der Waals surface area contributed by atoms with Crippen LogP contribution in [0.15, 0.2) is 53.4 Å². The summed E-state index contributed by atoms with van der Waals surface area (Å²) in [5.74, 6) is -0.285. The summed E-state index contributed by atoms with van der Waals surface area (Å²) in [7, 11) is -3.66. The molecular weight excluding hydrogens is 388 g/mol. The van der Waals surface area contributed by atoms with E-state index in [1.54, 1.807) is 29.2 Å². The molecule has 1 saturated heterocycles. The van der Waals surface area contributed by atoms with Crippen LogP contribution < -0.4 is 0 Å². The largest absolute Gasteiger partial charge is 0.336 e. The van der Waals surface area contributed by atoms with Crippen molar-refractivity contribution in [2.24, 2.45) is 0 Å². The molecule has 0 radical (unpaired) electrons. The van der Waals surface area contributed by atoms with Crippen LogP contribution >= 0.6 is 11.6 Å². The zero-order valence-corrected chi connectivity index (χ0v) is 16.3. The fourth-order valence-electron chi connectivity index (χ4n) is 2.95. The minimum atomic E-state index is -3.66. The minimum Gasteiger partial charge on any atom is -0.336 e. The molecular formula is C19H19ClN2O4S. The molecule has 0 bridgehead atoms. The number of carbonyl (C=O) groups is 2. The highest BCUT2D eigenvalue weighted by atomic mass is 35.5. The average Bonchev–Trinajstić information content (AvgIpc) is 2.67. The molecule has 1 fully saturated rings. The van der Waals surface area contributed by atoms with E-state index in [1.165, 1.54) is 35.5 Å². The lowest BCUT2D eigenvalue weighted by molar-refractivity contribution is 0.0698. The van der Waals surface area contributed by atoms with Crippen LogP contribution in [0.25, 0.3) is 0 Å². The second-order valence-corrected chi connectivity index (χ2v) is 8.66. The number of amides is 1. The number of halogens is 1. The summed E-state index contributed by atoms with van der Waals surface area (Å²) in [6.45, 7) is 2.46. The van der Waals surface area contributed by atoms with Gasteiger partial charge < -0.3 is 4.90 Å². The zero-order chi connectivity index (χ0) is 19.6. The molecule has 0 aliphatic carbocycles. The quantitative estimate of drug-likeness (QED) is 0.731. The van der Waals surface area contributed by atoms with Gasteiger partial charge in [-0.05, 0) is 37.3 Å². The maximum absolute atomic E-state index is 12.8. The molecule has 27 heavy (non-hydrogen) atoms. The Bertz CT molecular complexity index is 965. The molecule has 0 atom stereocenters. The Hall–Kier alpha value is -2.22. The van der Waals surface area contributed by atoms with Gasteiger partial charge in [0.15, 0.2) is 5.78 Å². The van der Waals surface area contributed by atoms with Gasteiger partial charge >= 0.3 is 0 Å². The number of nitrogens with zero attached hydrogens (tertiary/aromatic N) is 2. The van der Waals surface area contributed by atoms with Crippen molar-refractivity contribution in [2.75, 3.05) is 26.2 Å². The number of rotatable bonds is 4. The number of benzene rings is 2. The summed E-state index contributed by atoms with van der Waals surface area (Å²) < 4.78 is 26.9. The predicted octanol–water partition coefficient (Wildman–Crippen LogP) is 2.69. The van der Waals surface area contributed by atoms with Crippen molar-refractivity contribution in [3.63, 3.8) is 0 Å². The number of sulfonamides is 1. The standard InChI is InChI=1S/C19H19ClN2O4S/c1-14(23)15-5-7-18(8-6-15)27(25,26)22-11-9-21(10-12-22)19(24)16-3-2-4-17(20)13-16/h2-8,13H,9-12H2,1H3. The zero-order valence-electron chi connectivity index (χ0n) is 14.8. The molecule has 0 N–H and O–H groups in total. The molecule has 0 unspecified atom stereocenters. The molecule has 1 aliphatic rings. The van der Waals surface area contributed by atoms with E-state index in [0.717, 1.165) is 0 Å². The van der Waals surface area contributed by atoms with Gasteiger partial charge in [-0.1, -0.05) is 29.8 Å². The molecule has 1 amide bonds. The maximum atomic E-state index is 12.8. The number of carbonyl (C=O) groups excluding carboxylic acids is 2. The number of hydrogen-bond acceptors (Lipinski definition) is 4. The molecule has 3 rings (SSSR count). The van der Waals surface area contributed by atoms with Gasteiger partial charge in [-0.15, -0.1) is 0 Å². The number of ketones is 1. The Morgan fingerprint density at radius 2 is 1.56 bits per heavy atom. The fourth-order valence-corrected chi connectivity index (χ4v) is 4.56. The van der Waals surface area contributed by atoms with Gasteiger partial charge in [0, 0.05) is 42.3 Å². The van der Waals surface area contributed by atoms with E-state index in [2.05, 4.69) is 0 Å². The molecule has 0 aromatic heterocycles. The molecule has 142 valence electrons. The molecule has 2 aromatic rings. The first-order valence-electron chi connectivity index (χ1n) is 8.45. The smallest absolute Gasteiger partial charge is 0.253 e. The molecule has 0 saturated carbocycles. The first-order chi connectivity index (χ1) is 12.8. The lowest BCUT2D eigenvalue weighted by atomic mass is 10.2. The van der Waals surface area contributed by atoms with E-state index < -0.39 is 10.0 Å². The van der Waals surface area contributed by atoms with E-state index in [0.29, 0.717) is 29.2 Å². The third-order valence-electron chi connectivity index (χ3n) is 4.50. The molecule has 6 nitrogen and oxygen atoms in total. The lowest BCUT2D eigenvalue weighted by Crippen LogP contribution is -2.50. The summed E-state index contributed by atoms with van der Waals surface area (Å²) in [4.78, 5) is 25.6. The first-order valence-corrected chi connectivity index (χ1v) is 10.3. The van der Waals surface area contributed by atoms with Crippen molar-refractivity contribution >= 4 is 33.3 Å². The monoisotopic (exact) mass is 406 g/mol. The maximum Gasteiger partial charge on any atom is 0.253 e. The van der Waals surface area contributed by atoms with Crippen molar-refractivity contribution in [1.82, 2.24) is 9.21 Å². The van der Waals surface area contributed by atoms with Gasteiger partial charge in [0.2, 0.25) is 10.0 Å². The normalized spacial score (nSPS) is 15.6. The van der Waals surface area contributed by atoms with Crippen LogP contribution in [-0.4, -0.2) is 55.5 Å². The van der Waals surface area contributed by atoms with Crippen LogP contribution in [0.4, 0.5) is 0 Å². The first kappa shape index (κ1) is 19.5. The summed E-state index contributed by atoms with van der Waals surface area (Å²) in [5.41, 5.74) is 0.949. The Morgan fingerprint density at radius 3 is 2.11 bits per heavy atom. The molecule has 2 aromatic carbocycles. The van der Waals surface area contributed by atoms with Crippen LogP contribution in [0.3, 0.4) is 0 Å². The number of hydrogen-bond donors (Lipinski definition) is 0. The number of Topliss-reactive ketones (excluding diaryl/α,β-unsaturated/α-hetero) is 1. The van der Waals surface area contributed by atoms with E-state index in [9.17, 15) is 18.0 Å². The summed E-state index contributed by atoms with van der Waals surface area (Å²) in [5, 5.41) is 0.482. The van der Waals surface area contributed by atoms with Gasteiger partial charge in [0.25, 0.3) is 5.91 Å². The molecule has 1 aliphatic heterocycles. The second kappa shape index (κ2) is 7.80. The molecule has 0 spiro atoms. The highest BCUT2D eigenvalue weighted by Crippen LogP contribution is 2.20. The Kier molecular flexibility index (Phi) is 5.64. The van der Waals surface area contributed by atoms with Gasteiger partial charge in [0.1, 0.15) is 0 Å². The lowest BCUT2D eigenvalue weighted by Gasteiger charge is -2.34. The summed E-state index contributed by atoms with van der Waals surface area (Å²) in [6, 6.07) is 12.6. The van der Waals surface area contributed by atoms with Crippen LogP contribution in [0.1, 0.15) is 27.6 Å². The highest BCUT2D eigenvalue weighted by Gasteiger charge is 2.30.